The highest BCUT2D eigenvalue weighted by atomic mass is 32.2. The van der Waals surface area contributed by atoms with Crippen molar-refractivity contribution in [3.8, 4) is 5.75 Å². The van der Waals surface area contributed by atoms with Gasteiger partial charge in [-0.05, 0) is 56.1 Å². The number of halogens is 2. The zero-order valence-corrected chi connectivity index (χ0v) is 12.2. The summed E-state index contributed by atoms with van der Waals surface area (Å²) in [7, 11) is -3.45. The Morgan fingerprint density at radius 3 is 2.62 bits per heavy atom. The molecule has 8 heteroatoms. The summed E-state index contributed by atoms with van der Waals surface area (Å²) in [5.74, 6) is 0.136. The molecule has 1 aromatic rings. The first-order valence-corrected chi connectivity index (χ1v) is 8.36. The first kappa shape index (κ1) is 16.0. The normalized spacial score (nSPS) is 19.5. The van der Waals surface area contributed by atoms with Crippen molar-refractivity contribution in [1.82, 2.24) is 5.32 Å². The lowest BCUT2D eigenvalue weighted by Gasteiger charge is -2.22. The summed E-state index contributed by atoms with van der Waals surface area (Å²) in [6.45, 7) is -1.27. The van der Waals surface area contributed by atoms with Gasteiger partial charge in [0.05, 0.1) is 5.75 Å². The van der Waals surface area contributed by atoms with Crippen LogP contribution in [0.5, 0.6) is 5.75 Å². The molecule has 1 aromatic carbocycles. The SMILES string of the molecule is O=S(=O)(CC1CCCNC1)Nc1ccc(OC(F)F)cc1. The van der Waals surface area contributed by atoms with Crippen molar-refractivity contribution in [2.24, 2.45) is 5.92 Å². The summed E-state index contributed by atoms with van der Waals surface area (Å²) in [6, 6.07) is 5.39. The molecule has 2 N–H and O–H groups in total. The third-order valence-electron chi connectivity index (χ3n) is 3.21. The van der Waals surface area contributed by atoms with Crippen LogP contribution >= 0.6 is 0 Å². The minimum Gasteiger partial charge on any atom is -0.435 e. The molecule has 1 aliphatic heterocycles. The number of nitrogens with one attached hydrogen (secondary N) is 2. The molecular formula is C13H18F2N2O3S. The van der Waals surface area contributed by atoms with Crippen LogP contribution in [0.2, 0.25) is 0 Å². The summed E-state index contributed by atoms with van der Waals surface area (Å²) in [5, 5.41) is 3.17. The van der Waals surface area contributed by atoms with Gasteiger partial charge in [-0.1, -0.05) is 0 Å². The minimum atomic E-state index is -3.45. The summed E-state index contributed by atoms with van der Waals surface area (Å²) in [5.41, 5.74) is 0.334. The number of piperidine rings is 1. The quantitative estimate of drug-likeness (QED) is 0.841. The summed E-state index contributed by atoms with van der Waals surface area (Å²) in [4.78, 5) is 0. The van der Waals surface area contributed by atoms with Gasteiger partial charge in [-0.15, -0.1) is 0 Å². The van der Waals surface area contributed by atoms with Gasteiger partial charge in [0.1, 0.15) is 5.75 Å². The van der Waals surface area contributed by atoms with E-state index < -0.39 is 16.6 Å². The number of sulfonamides is 1. The highest BCUT2D eigenvalue weighted by molar-refractivity contribution is 7.92. The van der Waals surface area contributed by atoms with Gasteiger partial charge in [-0.3, -0.25) is 4.72 Å². The van der Waals surface area contributed by atoms with Crippen molar-refractivity contribution < 1.29 is 21.9 Å². The van der Waals surface area contributed by atoms with Gasteiger partial charge in [0, 0.05) is 5.69 Å². The van der Waals surface area contributed by atoms with Crippen LogP contribution in [0.1, 0.15) is 12.8 Å². The van der Waals surface area contributed by atoms with Gasteiger partial charge in [-0.25, -0.2) is 8.42 Å². The van der Waals surface area contributed by atoms with Crippen molar-refractivity contribution in [3.05, 3.63) is 24.3 Å². The Morgan fingerprint density at radius 1 is 1.33 bits per heavy atom. The first-order valence-electron chi connectivity index (χ1n) is 6.71. The molecule has 1 saturated heterocycles. The van der Waals surface area contributed by atoms with Crippen molar-refractivity contribution in [1.29, 1.82) is 0 Å². The fourth-order valence-corrected chi connectivity index (χ4v) is 3.79. The fraction of sp³-hybridized carbons (Fsp3) is 0.538. The van der Waals surface area contributed by atoms with Crippen molar-refractivity contribution in [2.75, 3.05) is 23.6 Å². The standard InChI is InChI=1S/C13H18F2N2O3S/c14-13(15)20-12-5-3-11(4-6-12)17-21(18,19)9-10-2-1-7-16-8-10/h3-6,10,13,16-17H,1-2,7-9H2. The van der Waals surface area contributed by atoms with E-state index in [9.17, 15) is 17.2 Å². The van der Waals surface area contributed by atoms with Crippen LogP contribution < -0.4 is 14.8 Å². The maximum Gasteiger partial charge on any atom is 0.387 e. The molecule has 1 heterocycles. The Kier molecular flexibility index (Phi) is 5.35. The van der Waals surface area contributed by atoms with Crippen LogP contribution in [0.25, 0.3) is 0 Å². The highest BCUT2D eigenvalue weighted by Gasteiger charge is 2.21. The van der Waals surface area contributed by atoms with Crippen LogP contribution in [-0.2, 0) is 10.0 Å². The van der Waals surface area contributed by atoms with Gasteiger partial charge in [-0.2, -0.15) is 8.78 Å². The molecule has 0 bridgehead atoms. The topological polar surface area (TPSA) is 67.4 Å². The van der Waals surface area contributed by atoms with E-state index in [2.05, 4.69) is 14.8 Å². The maximum absolute atomic E-state index is 12.0. The lowest BCUT2D eigenvalue weighted by atomic mass is 10.0. The summed E-state index contributed by atoms with van der Waals surface area (Å²) in [6.07, 6.45) is 1.86. The number of hydrogen-bond acceptors (Lipinski definition) is 4. The Balaban J connectivity index is 1.92. The van der Waals surface area contributed by atoms with Gasteiger partial charge in [0.2, 0.25) is 10.0 Å². The molecule has 1 atom stereocenters. The van der Waals surface area contributed by atoms with E-state index >= 15 is 0 Å². The van der Waals surface area contributed by atoms with Gasteiger partial charge < -0.3 is 10.1 Å². The Bertz CT molecular complexity index is 543. The molecule has 0 spiro atoms. The lowest BCUT2D eigenvalue weighted by molar-refractivity contribution is -0.0498. The predicted molar refractivity (Wildman–Crippen MR) is 76.1 cm³/mol. The largest absolute Gasteiger partial charge is 0.435 e. The second-order valence-corrected chi connectivity index (χ2v) is 6.77. The summed E-state index contributed by atoms with van der Waals surface area (Å²) >= 11 is 0. The number of hydrogen-bond donors (Lipinski definition) is 2. The average Bonchev–Trinajstić information content (AvgIpc) is 2.40. The molecule has 21 heavy (non-hydrogen) atoms. The van der Waals surface area contributed by atoms with Gasteiger partial charge in [0.15, 0.2) is 0 Å². The molecule has 5 nitrogen and oxygen atoms in total. The fourth-order valence-electron chi connectivity index (χ4n) is 2.30. The molecule has 2 rings (SSSR count). The van der Waals surface area contributed by atoms with E-state index in [0.717, 1.165) is 19.4 Å². The first-order chi connectivity index (χ1) is 9.94. The van der Waals surface area contributed by atoms with Crippen molar-refractivity contribution in [2.45, 2.75) is 19.5 Å². The van der Waals surface area contributed by atoms with Crippen LogP contribution in [-0.4, -0.2) is 33.9 Å². The Hall–Kier alpha value is -1.41. The Morgan fingerprint density at radius 2 is 2.05 bits per heavy atom. The molecular weight excluding hydrogens is 302 g/mol. The molecule has 118 valence electrons. The van der Waals surface area contributed by atoms with E-state index in [1.165, 1.54) is 24.3 Å². The maximum atomic E-state index is 12.0. The number of rotatable bonds is 6. The zero-order valence-electron chi connectivity index (χ0n) is 11.4. The number of anilines is 1. The van der Waals surface area contributed by atoms with Crippen molar-refractivity contribution >= 4 is 15.7 Å². The van der Waals surface area contributed by atoms with Gasteiger partial charge >= 0.3 is 6.61 Å². The van der Waals surface area contributed by atoms with Crippen LogP contribution in [0.15, 0.2) is 24.3 Å². The molecule has 0 amide bonds. The Labute approximate surface area is 122 Å². The minimum absolute atomic E-state index is 0.00979. The third-order valence-corrected chi connectivity index (χ3v) is 4.66. The highest BCUT2D eigenvalue weighted by Crippen LogP contribution is 2.20. The predicted octanol–water partition coefficient (Wildman–Crippen LogP) is 2.03. The smallest absolute Gasteiger partial charge is 0.387 e. The van der Waals surface area contributed by atoms with Crippen LogP contribution in [0, 0.1) is 5.92 Å². The van der Waals surface area contributed by atoms with E-state index in [0.29, 0.717) is 12.2 Å². The van der Waals surface area contributed by atoms with E-state index in [4.69, 9.17) is 0 Å². The van der Waals surface area contributed by atoms with Gasteiger partial charge in [0.25, 0.3) is 0 Å². The number of alkyl halides is 2. The second kappa shape index (κ2) is 7.04. The average molecular weight is 320 g/mol. The zero-order chi connectivity index (χ0) is 15.3. The van der Waals surface area contributed by atoms with E-state index in [1.54, 1.807) is 0 Å². The second-order valence-electron chi connectivity index (χ2n) is 5.00. The van der Waals surface area contributed by atoms with Crippen LogP contribution in [0.3, 0.4) is 0 Å². The third kappa shape index (κ3) is 5.47. The lowest BCUT2D eigenvalue weighted by Crippen LogP contribution is -2.35. The number of ether oxygens (including phenoxy) is 1. The summed E-state index contributed by atoms with van der Waals surface area (Å²) < 4.78 is 54.8. The molecule has 1 unspecified atom stereocenters. The molecule has 0 aromatic heterocycles. The van der Waals surface area contributed by atoms with Crippen molar-refractivity contribution in [3.63, 3.8) is 0 Å². The molecule has 0 saturated carbocycles. The van der Waals surface area contributed by atoms with E-state index in [-0.39, 0.29) is 17.4 Å². The van der Waals surface area contributed by atoms with E-state index in [1.807, 2.05) is 0 Å². The van der Waals surface area contributed by atoms with Crippen LogP contribution in [0.4, 0.5) is 14.5 Å². The monoisotopic (exact) mass is 320 g/mol. The molecule has 0 aliphatic carbocycles. The number of benzene rings is 1. The molecule has 1 fully saturated rings. The molecule has 0 radical (unpaired) electrons. The molecule has 1 aliphatic rings.